The van der Waals surface area contributed by atoms with Gasteiger partial charge in [-0.05, 0) is 48.7 Å². The fourth-order valence-electron chi connectivity index (χ4n) is 2.70. The van der Waals surface area contributed by atoms with E-state index in [9.17, 15) is 4.79 Å². The van der Waals surface area contributed by atoms with Crippen molar-refractivity contribution >= 4 is 17.7 Å². The number of aryl methyl sites for hydroxylation is 1. The predicted octanol–water partition coefficient (Wildman–Crippen LogP) is 4.85. The van der Waals surface area contributed by atoms with Gasteiger partial charge in [0.2, 0.25) is 5.91 Å². The number of ether oxygens (including phenoxy) is 4. The molecule has 2 aromatic carbocycles. The first-order valence-corrected chi connectivity index (χ1v) is 9.54. The summed E-state index contributed by atoms with van der Waals surface area (Å²) in [4.78, 5) is 12.4. The van der Waals surface area contributed by atoms with Gasteiger partial charge in [-0.25, -0.2) is 0 Å². The van der Waals surface area contributed by atoms with Gasteiger partial charge >= 0.3 is 0 Å². The molecule has 0 aliphatic carbocycles. The third-order valence-corrected chi connectivity index (χ3v) is 4.36. The lowest BCUT2D eigenvalue weighted by Crippen LogP contribution is -2.09. The van der Waals surface area contributed by atoms with E-state index in [0.29, 0.717) is 35.3 Å². The van der Waals surface area contributed by atoms with Crippen molar-refractivity contribution in [1.82, 2.24) is 0 Å². The van der Waals surface area contributed by atoms with Crippen LogP contribution >= 0.6 is 0 Å². The molecular formula is C23H29NO5. The standard InChI is InChI=1S/C23H29NO5/c1-6-7-12-29-19-10-8-17(14-21(19)27-4)9-11-23(25)24-18-15-22(28-5)20(26-3)13-16(18)2/h8-11,13-15H,6-7,12H2,1-5H3,(H,24,25)/b11-9+. The molecule has 156 valence electrons. The van der Waals surface area contributed by atoms with Crippen molar-refractivity contribution in [3.8, 4) is 23.0 Å². The van der Waals surface area contributed by atoms with Crippen LogP contribution in [-0.4, -0.2) is 33.8 Å². The first-order valence-electron chi connectivity index (χ1n) is 9.54. The van der Waals surface area contributed by atoms with Gasteiger partial charge in [-0.3, -0.25) is 4.79 Å². The van der Waals surface area contributed by atoms with E-state index in [2.05, 4.69) is 12.2 Å². The van der Waals surface area contributed by atoms with Gasteiger partial charge in [0.05, 0.1) is 27.9 Å². The minimum absolute atomic E-state index is 0.248. The highest BCUT2D eigenvalue weighted by Crippen LogP contribution is 2.33. The molecule has 1 amide bonds. The molecule has 0 fully saturated rings. The number of hydrogen-bond donors (Lipinski definition) is 1. The lowest BCUT2D eigenvalue weighted by molar-refractivity contribution is -0.111. The Balaban J connectivity index is 2.09. The summed E-state index contributed by atoms with van der Waals surface area (Å²) in [6, 6.07) is 9.14. The smallest absolute Gasteiger partial charge is 0.248 e. The van der Waals surface area contributed by atoms with Crippen LogP contribution in [0.1, 0.15) is 30.9 Å². The number of amides is 1. The summed E-state index contributed by atoms with van der Waals surface area (Å²) in [5, 5.41) is 2.86. The highest BCUT2D eigenvalue weighted by molar-refractivity contribution is 6.02. The second kappa shape index (κ2) is 11.0. The van der Waals surface area contributed by atoms with Crippen LogP contribution in [0.5, 0.6) is 23.0 Å². The molecule has 0 saturated carbocycles. The monoisotopic (exact) mass is 399 g/mol. The minimum Gasteiger partial charge on any atom is -0.493 e. The quantitative estimate of drug-likeness (QED) is 0.457. The zero-order valence-corrected chi connectivity index (χ0v) is 17.7. The van der Waals surface area contributed by atoms with E-state index in [-0.39, 0.29) is 5.91 Å². The molecule has 6 nitrogen and oxygen atoms in total. The maximum absolute atomic E-state index is 12.4. The molecular weight excluding hydrogens is 370 g/mol. The topological polar surface area (TPSA) is 66.0 Å². The van der Waals surface area contributed by atoms with Gasteiger partial charge in [0, 0.05) is 17.8 Å². The van der Waals surface area contributed by atoms with Crippen LogP contribution in [0.15, 0.2) is 36.4 Å². The maximum atomic E-state index is 12.4. The zero-order valence-electron chi connectivity index (χ0n) is 17.7. The molecule has 0 atom stereocenters. The van der Waals surface area contributed by atoms with Crippen molar-refractivity contribution in [1.29, 1.82) is 0 Å². The summed E-state index contributed by atoms with van der Waals surface area (Å²) < 4.78 is 21.7. The van der Waals surface area contributed by atoms with Crippen molar-refractivity contribution in [3.63, 3.8) is 0 Å². The second-order valence-corrected chi connectivity index (χ2v) is 6.46. The Morgan fingerprint density at radius 3 is 2.28 bits per heavy atom. The fraction of sp³-hybridized carbons (Fsp3) is 0.348. The van der Waals surface area contributed by atoms with E-state index in [1.807, 2.05) is 31.2 Å². The van der Waals surface area contributed by atoms with Gasteiger partial charge in [-0.2, -0.15) is 0 Å². The van der Waals surface area contributed by atoms with Gasteiger partial charge in [0.15, 0.2) is 23.0 Å². The van der Waals surface area contributed by atoms with E-state index in [4.69, 9.17) is 18.9 Å². The van der Waals surface area contributed by atoms with Crippen LogP contribution in [0, 0.1) is 6.92 Å². The number of unbranched alkanes of at least 4 members (excludes halogenated alkanes) is 1. The van der Waals surface area contributed by atoms with E-state index < -0.39 is 0 Å². The van der Waals surface area contributed by atoms with Crippen molar-refractivity contribution in [3.05, 3.63) is 47.5 Å². The van der Waals surface area contributed by atoms with Gasteiger partial charge in [-0.15, -0.1) is 0 Å². The summed E-state index contributed by atoms with van der Waals surface area (Å²) in [6.07, 6.45) is 5.25. The SMILES string of the molecule is CCCCOc1ccc(/C=C/C(=O)Nc2cc(OC)c(OC)cc2C)cc1OC. The summed E-state index contributed by atoms with van der Waals surface area (Å²) in [6.45, 7) is 4.65. The van der Waals surface area contributed by atoms with Gasteiger partial charge in [-0.1, -0.05) is 19.4 Å². The fourth-order valence-corrected chi connectivity index (χ4v) is 2.70. The maximum Gasteiger partial charge on any atom is 0.248 e. The molecule has 29 heavy (non-hydrogen) atoms. The normalized spacial score (nSPS) is 10.7. The molecule has 2 rings (SSSR count). The molecule has 2 aromatic rings. The Bertz CT molecular complexity index is 861. The molecule has 0 heterocycles. The number of anilines is 1. The number of methoxy groups -OCH3 is 3. The third kappa shape index (κ3) is 6.17. The van der Waals surface area contributed by atoms with E-state index in [1.165, 1.54) is 6.08 Å². The summed E-state index contributed by atoms with van der Waals surface area (Å²) >= 11 is 0. The Kier molecular flexibility index (Phi) is 8.40. The Hall–Kier alpha value is -3.15. The molecule has 6 heteroatoms. The average molecular weight is 399 g/mol. The van der Waals surface area contributed by atoms with Crippen LogP contribution in [-0.2, 0) is 4.79 Å². The lowest BCUT2D eigenvalue weighted by Gasteiger charge is -2.13. The number of carbonyl (C=O) groups is 1. The number of rotatable bonds is 10. The molecule has 0 saturated heterocycles. The number of nitrogens with one attached hydrogen (secondary N) is 1. The van der Waals surface area contributed by atoms with Gasteiger partial charge < -0.3 is 24.3 Å². The van der Waals surface area contributed by atoms with E-state index in [1.54, 1.807) is 33.5 Å². The van der Waals surface area contributed by atoms with Crippen LogP contribution in [0.3, 0.4) is 0 Å². The molecule has 0 aromatic heterocycles. The van der Waals surface area contributed by atoms with Crippen molar-refractivity contribution in [2.75, 3.05) is 33.3 Å². The minimum atomic E-state index is -0.248. The third-order valence-electron chi connectivity index (χ3n) is 4.36. The Morgan fingerprint density at radius 2 is 1.62 bits per heavy atom. The average Bonchev–Trinajstić information content (AvgIpc) is 2.74. The second-order valence-electron chi connectivity index (χ2n) is 6.46. The molecule has 0 aliphatic rings. The van der Waals surface area contributed by atoms with Crippen LogP contribution < -0.4 is 24.3 Å². The highest BCUT2D eigenvalue weighted by atomic mass is 16.5. The Morgan fingerprint density at radius 1 is 0.966 bits per heavy atom. The molecule has 0 unspecified atom stereocenters. The van der Waals surface area contributed by atoms with Gasteiger partial charge in [0.25, 0.3) is 0 Å². The molecule has 0 bridgehead atoms. The molecule has 0 aliphatic heterocycles. The van der Waals surface area contributed by atoms with Crippen molar-refractivity contribution in [2.45, 2.75) is 26.7 Å². The van der Waals surface area contributed by atoms with Crippen LogP contribution in [0.25, 0.3) is 6.08 Å². The van der Waals surface area contributed by atoms with E-state index in [0.717, 1.165) is 24.0 Å². The number of hydrogen-bond acceptors (Lipinski definition) is 5. The van der Waals surface area contributed by atoms with Crippen molar-refractivity contribution < 1.29 is 23.7 Å². The largest absolute Gasteiger partial charge is 0.493 e. The van der Waals surface area contributed by atoms with Crippen molar-refractivity contribution in [2.24, 2.45) is 0 Å². The number of carbonyl (C=O) groups excluding carboxylic acids is 1. The summed E-state index contributed by atoms with van der Waals surface area (Å²) in [5.74, 6) is 2.26. The molecule has 0 spiro atoms. The molecule has 1 N–H and O–H groups in total. The highest BCUT2D eigenvalue weighted by Gasteiger charge is 2.10. The number of benzene rings is 2. The van der Waals surface area contributed by atoms with Crippen LogP contribution in [0.4, 0.5) is 5.69 Å². The van der Waals surface area contributed by atoms with E-state index >= 15 is 0 Å². The first kappa shape index (κ1) is 22.1. The zero-order chi connectivity index (χ0) is 21.2. The predicted molar refractivity (Wildman–Crippen MR) is 115 cm³/mol. The molecule has 0 radical (unpaired) electrons. The van der Waals surface area contributed by atoms with Gasteiger partial charge in [0.1, 0.15) is 0 Å². The lowest BCUT2D eigenvalue weighted by atomic mass is 10.1. The first-order chi connectivity index (χ1) is 14.0. The summed E-state index contributed by atoms with van der Waals surface area (Å²) in [7, 11) is 4.73. The Labute approximate surface area is 172 Å². The van der Waals surface area contributed by atoms with Crippen LogP contribution in [0.2, 0.25) is 0 Å². The summed E-state index contributed by atoms with van der Waals surface area (Å²) in [5.41, 5.74) is 2.37.